The molecule has 104 valence electrons. The molecule has 0 aliphatic rings. The molecular formula is C15H16N2O3. The van der Waals surface area contributed by atoms with Gasteiger partial charge in [-0.2, -0.15) is 5.26 Å². The highest BCUT2D eigenvalue weighted by atomic mass is 16.5. The third-order valence-electron chi connectivity index (χ3n) is 3.15. The minimum atomic E-state index is -0.730. The van der Waals surface area contributed by atoms with Crippen molar-refractivity contribution in [3.63, 3.8) is 0 Å². The first-order chi connectivity index (χ1) is 9.71. The highest BCUT2D eigenvalue weighted by Gasteiger charge is 2.33. The highest BCUT2D eigenvalue weighted by Crippen LogP contribution is 2.29. The van der Waals surface area contributed by atoms with Crippen molar-refractivity contribution < 1.29 is 13.9 Å². The number of hydrogen-bond acceptors (Lipinski definition) is 5. The molecule has 0 aliphatic carbocycles. The number of nitriles is 1. The number of ether oxygens (including phenoxy) is 1. The van der Waals surface area contributed by atoms with Crippen molar-refractivity contribution in [2.24, 2.45) is 5.92 Å². The van der Waals surface area contributed by atoms with E-state index in [0.29, 0.717) is 24.1 Å². The molecule has 0 bridgehead atoms. The number of aromatic nitrogens is 1. The Kier molecular flexibility index (Phi) is 4.36. The van der Waals surface area contributed by atoms with E-state index in [1.807, 2.05) is 25.1 Å². The van der Waals surface area contributed by atoms with Crippen molar-refractivity contribution >= 4 is 17.1 Å². The zero-order valence-electron chi connectivity index (χ0n) is 11.5. The zero-order chi connectivity index (χ0) is 14.5. The standard InChI is InChI=1S/C15H16N2O3/c1-3-10(15(18)19-4-2)11(9-16)14-17-12-7-5-6-8-13(12)20-14/h5-8,10-11H,3-4H2,1-2H3. The van der Waals surface area contributed by atoms with Crippen LogP contribution in [0.2, 0.25) is 0 Å². The molecule has 2 aromatic rings. The van der Waals surface area contributed by atoms with E-state index in [0.717, 1.165) is 0 Å². The number of esters is 1. The lowest BCUT2D eigenvalue weighted by atomic mass is 9.91. The Morgan fingerprint density at radius 2 is 2.20 bits per heavy atom. The molecule has 1 heterocycles. The number of benzene rings is 1. The van der Waals surface area contributed by atoms with E-state index in [9.17, 15) is 10.1 Å². The molecule has 2 atom stereocenters. The topological polar surface area (TPSA) is 76.1 Å². The fraction of sp³-hybridized carbons (Fsp3) is 0.400. The molecule has 0 saturated heterocycles. The van der Waals surface area contributed by atoms with Gasteiger partial charge in [-0.1, -0.05) is 19.1 Å². The van der Waals surface area contributed by atoms with Crippen LogP contribution in [-0.2, 0) is 9.53 Å². The predicted molar refractivity (Wildman–Crippen MR) is 72.8 cm³/mol. The van der Waals surface area contributed by atoms with Gasteiger partial charge in [-0.3, -0.25) is 4.79 Å². The number of fused-ring (bicyclic) bond motifs is 1. The molecule has 5 nitrogen and oxygen atoms in total. The van der Waals surface area contributed by atoms with E-state index in [2.05, 4.69) is 11.1 Å². The number of hydrogen-bond donors (Lipinski definition) is 0. The summed E-state index contributed by atoms with van der Waals surface area (Å²) >= 11 is 0. The van der Waals surface area contributed by atoms with Crippen LogP contribution in [-0.4, -0.2) is 17.6 Å². The van der Waals surface area contributed by atoms with Crippen LogP contribution in [0.15, 0.2) is 28.7 Å². The van der Waals surface area contributed by atoms with Crippen molar-refractivity contribution in [3.8, 4) is 6.07 Å². The van der Waals surface area contributed by atoms with Gasteiger partial charge in [-0.15, -0.1) is 0 Å². The van der Waals surface area contributed by atoms with Gasteiger partial charge in [0.2, 0.25) is 5.89 Å². The Hall–Kier alpha value is -2.35. The maximum Gasteiger partial charge on any atom is 0.310 e. The lowest BCUT2D eigenvalue weighted by Gasteiger charge is -2.16. The van der Waals surface area contributed by atoms with Gasteiger partial charge in [-0.05, 0) is 25.5 Å². The van der Waals surface area contributed by atoms with Crippen LogP contribution in [0.5, 0.6) is 0 Å². The predicted octanol–water partition coefficient (Wildman–Crippen LogP) is 3.02. The minimum Gasteiger partial charge on any atom is -0.466 e. The van der Waals surface area contributed by atoms with Crippen molar-refractivity contribution in [1.29, 1.82) is 5.26 Å². The zero-order valence-corrected chi connectivity index (χ0v) is 11.5. The van der Waals surface area contributed by atoms with Crippen LogP contribution in [0, 0.1) is 17.2 Å². The van der Waals surface area contributed by atoms with Gasteiger partial charge >= 0.3 is 5.97 Å². The Labute approximate surface area is 117 Å². The second-order valence-corrected chi connectivity index (χ2v) is 4.39. The summed E-state index contributed by atoms with van der Waals surface area (Å²) in [5.74, 6) is -1.41. The summed E-state index contributed by atoms with van der Waals surface area (Å²) in [5, 5.41) is 9.37. The molecule has 1 aromatic carbocycles. The Morgan fingerprint density at radius 1 is 1.45 bits per heavy atom. The molecule has 2 rings (SSSR count). The van der Waals surface area contributed by atoms with E-state index in [1.54, 1.807) is 13.0 Å². The molecule has 0 amide bonds. The van der Waals surface area contributed by atoms with Crippen molar-refractivity contribution in [1.82, 2.24) is 4.98 Å². The normalized spacial score (nSPS) is 13.7. The van der Waals surface area contributed by atoms with Gasteiger partial charge in [0.25, 0.3) is 0 Å². The third-order valence-corrected chi connectivity index (χ3v) is 3.15. The number of nitrogens with zero attached hydrogens (tertiary/aromatic N) is 2. The van der Waals surface area contributed by atoms with E-state index in [1.165, 1.54) is 0 Å². The molecule has 0 radical (unpaired) electrons. The van der Waals surface area contributed by atoms with Gasteiger partial charge in [0, 0.05) is 0 Å². The Balaban J connectivity index is 2.35. The Bertz CT molecular complexity index is 609. The van der Waals surface area contributed by atoms with Gasteiger partial charge < -0.3 is 9.15 Å². The number of rotatable bonds is 5. The molecule has 2 unspecified atom stereocenters. The summed E-state index contributed by atoms with van der Waals surface area (Å²) in [6.45, 7) is 3.88. The second kappa shape index (κ2) is 6.20. The van der Waals surface area contributed by atoms with E-state index in [4.69, 9.17) is 9.15 Å². The number of carbonyl (C=O) groups is 1. The summed E-state index contributed by atoms with van der Waals surface area (Å²) in [6, 6.07) is 9.38. The first-order valence-electron chi connectivity index (χ1n) is 6.63. The minimum absolute atomic E-state index is 0.272. The lowest BCUT2D eigenvalue weighted by Crippen LogP contribution is -2.23. The van der Waals surface area contributed by atoms with Gasteiger partial charge in [0.15, 0.2) is 5.58 Å². The van der Waals surface area contributed by atoms with Crippen LogP contribution in [0.4, 0.5) is 0 Å². The monoisotopic (exact) mass is 272 g/mol. The number of carbonyl (C=O) groups excluding carboxylic acids is 1. The van der Waals surface area contributed by atoms with E-state index < -0.39 is 11.8 Å². The molecule has 1 aromatic heterocycles. The van der Waals surface area contributed by atoms with Crippen LogP contribution in [0.3, 0.4) is 0 Å². The smallest absolute Gasteiger partial charge is 0.310 e. The largest absolute Gasteiger partial charge is 0.466 e. The highest BCUT2D eigenvalue weighted by molar-refractivity contribution is 5.75. The molecule has 0 N–H and O–H groups in total. The first kappa shape index (κ1) is 14.1. The quantitative estimate of drug-likeness (QED) is 0.782. The fourth-order valence-electron chi connectivity index (χ4n) is 2.13. The number of para-hydroxylation sites is 2. The maximum absolute atomic E-state index is 11.9. The van der Waals surface area contributed by atoms with Crippen LogP contribution in [0.1, 0.15) is 32.1 Å². The average Bonchev–Trinajstić information content (AvgIpc) is 2.88. The molecule has 0 spiro atoms. The SMILES string of the molecule is CCOC(=O)C(CC)C(C#N)c1nc2ccccc2o1. The Morgan fingerprint density at radius 3 is 2.80 bits per heavy atom. The van der Waals surface area contributed by atoms with Crippen molar-refractivity contribution in [2.75, 3.05) is 6.61 Å². The molecule has 5 heteroatoms. The van der Waals surface area contributed by atoms with E-state index in [-0.39, 0.29) is 11.9 Å². The van der Waals surface area contributed by atoms with Gasteiger partial charge in [0.05, 0.1) is 18.6 Å². The molecule has 20 heavy (non-hydrogen) atoms. The van der Waals surface area contributed by atoms with Crippen molar-refractivity contribution in [2.45, 2.75) is 26.2 Å². The average molecular weight is 272 g/mol. The van der Waals surface area contributed by atoms with Crippen LogP contribution < -0.4 is 0 Å². The first-order valence-corrected chi connectivity index (χ1v) is 6.63. The van der Waals surface area contributed by atoms with Crippen LogP contribution >= 0.6 is 0 Å². The summed E-state index contributed by atoms with van der Waals surface area (Å²) in [7, 11) is 0. The van der Waals surface area contributed by atoms with Crippen LogP contribution in [0.25, 0.3) is 11.1 Å². The number of oxazole rings is 1. The summed E-state index contributed by atoms with van der Waals surface area (Å²) < 4.78 is 10.6. The van der Waals surface area contributed by atoms with Gasteiger partial charge in [0.1, 0.15) is 11.4 Å². The summed E-state index contributed by atoms with van der Waals surface area (Å²) in [6.07, 6.45) is 0.496. The molecule has 0 fully saturated rings. The molecule has 0 aliphatic heterocycles. The van der Waals surface area contributed by atoms with Gasteiger partial charge in [-0.25, -0.2) is 4.98 Å². The lowest BCUT2D eigenvalue weighted by molar-refractivity contribution is -0.148. The second-order valence-electron chi connectivity index (χ2n) is 4.39. The third kappa shape index (κ3) is 2.64. The summed E-state index contributed by atoms with van der Waals surface area (Å²) in [4.78, 5) is 16.2. The molecular weight excluding hydrogens is 256 g/mol. The van der Waals surface area contributed by atoms with E-state index >= 15 is 0 Å². The van der Waals surface area contributed by atoms with Crippen molar-refractivity contribution in [3.05, 3.63) is 30.2 Å². The molecule has 0 saturated carbocycles. The fourth-order valence-corrected chi connectivity index (χ4v) is 2.13. The summed E-state index contributed by atoms with van der Waals surface area (Å²) in [5.41, 5.74) is 1.29. The maximum atomic E-state index is 11.9.